The number of nitrogens with one attached hydrogen (secondary N) is 1. The molecule has 0 atom stereocenters. The Morgan fingerprint density at radius 1 is 1.00 bits per heavy atom. The molecule has 0 fully saturated rings. The van der Waals surface area contributed by atoms with E-state index in [9.17, 15) is 0 Å². The van der Waals surface area contributed by atoms with Crippen molar-refractivity contribution >= 4 is 33.2 Å². The molecule has 2 heterocycles. The van der Waals surface area contributed by atoms with E-state index in [2.05, 4.69) is 44.9 Å². The molecule has 0 saturated carbocycles. The van der Waals surface area contributed by atoms with Gasteiger partial charge in [0.2, 0.25) is 5.13 Å². The summed E-state index contributed by atoms with van der Waals surface area (Å²) < 4.78 is 1.84. The lowest BCUT2D eigenvalue weighted by atomic mass is 10.2. The predicted octanol–water partition coefficient (Wildman–Crippen LogP) is 3.38. The zero-order valence-corrected chi connectivity index (χ0v) is 13.3. The van der Waals surface area contributed by atoms with E-state index < -0.39 is 0 Å². The summed E-state index contributed by atoms with van der Waals surface area (Å²) in [4.78, 5) is 0. The van der Waals surface area contributed by atoms with Gasteiger partial charge in [-0.1, -0.05) is 46.4 Å². The fourth-order valence-electron chi connectivity index (χ4n) is 2.29. The molecule has 4 rings (SSSR count). The van der Waals surface area contributed by atoms with E-state index in [1.165, 1.54) is 16.9 Å². The molecule has 4 aromatic rings. The van der Waals surface area contributed by atoms with E-state index in [4.69, 9.17) is 0 Å². The Balaban J connectivity index is 1.52. The molecule has 2 aromatic carbocycles. The van der Waals surface area contributed by atoms with Gasteiger partial charge in [-0.15, -0.1) is 15.3 Å². The van der Waals surface area contributed by atoms with Gasteiger partial charge in [0.25, 0.3) is 0 Å². The maximum absolute atomic E-state index is 4.23. The summed E-state index contributed by atoms with van der Waals surface area (Å²) >= 11 is 1.52. The van der Waals surface area contributed by atoms with E-state index >= 15 is 0 Å². The summed E-state index contributed by atoms with van der Waals surface area (Å²) in [6, 6.07) is 16.1. The number of aromatic nitrogens is 5. The van der Waals surface area contributed by atoms with Crippen molar-refractivity contribution in [1.29, 1.82) is 0 Å². The lowest BCUT2D eigenvalue weighted by molar-refractivity contribution is 0.662. The Kier molecular flexibility index (Phi) is 3.47. The summed E-state index contributed by atoms with van der Waals surface area (Å²) in [6.07, 6.45) is 0. The van der Waals surface area contributed by atoms with Crippen LogP contribution in [0.1, 0.15) is 10.6 Å². The van der Waals surface area contributed by atoms with Gasteiger partial charge in [-0.2, -0.15) is 0 Å². The molecule has 2 aromatic heterocycles. The largest absolute Gasteiger partial charge is 0.330 e. The predicted molar refractivity (Wildman–Crippen MR) is 91.0 cm³/mol. The van der Waals surface area contributed by atoms with Crippen molar-refractivity contribution in [2.75, 3.05) is 5.32 Å². The molecule has 6 nitrogen and oxygen atoms in total. The van der Waals surface area contributed by atoms with Gasteiger partial charge >= 0.3 is 0 Å². The van der Waals surface area contributed by atoms with Crippen LogP contribution in [0.3, 0.4) is 0 Å². The van der Waals surface area contributed by atoms with E-state index in [-0.39, 0.29) is 0 Å². The van der Waals surface area contributed by atoms with Gasteiger partial charge in [0.15, 0.2) is 0 Å². The fraction of sp³-hybridized carbons (Fsp3) is 0.125. The van der Waals surface area contributed by atoms with Gasteiger partial charge in [-0.3, -0.25) is 0 Å². The van der Waals surface area contributed by atoms with Crippen molar-refractivity contribution < 1.29 is 0 Å². The van der Waals surface area contributed by atoms with E-state index in [1.54, 1.807) is 0 Å². The second-order valence-electron chi connectivity index (χ2n) is 5.23. The van der Waals surface area contributed by atoms with Gasteiger partial charge in [0, 0.05) is 5.69 Å². The highest BCUT2D eigenvalue weighted by Crippen LogP contribution is 2.22. The normalized spacial score (nSPS) is 11.0. The Morgan fingerprint density at radius 2 is 1.83 bits per heavy atom. The van der Waals surface area contributed by atoms with Crippen LogP contribution in [-0.2, 0) is 6.54 Å². The van der Waals surface area contributed by atoms with Crippen molar-refractivity contribution in [3.8, 4) is 0 Å². The summed E-state index contributed by atoms with van der Waals surface area (Å²) in [7, 11) is 0. The SMILES string of the molecule is Cc1ccc(Nc2nnc(Cn3nnc4ccccc43)s2)cc1. The second-order valence-corrected chi connectivity index (χ2v) is 6.29. The molecule has 23 heavy (non-hydrogen) atoms. The molecule has 0 saturated heterocycles. The molecule has 0 unspecified atom stereocenters. The van der Waals surface area contributed by atoms with Crippen LogP contribution in [0.4, 0.5) is 10.8 Å². The average molecular weight is 322 g/mol. The van der Waals surface area contributed by atoms with Crippen LogP contribution >= 0.6 is 11.3 Å². The molecule has 0 aliphatic carbocycles. The van der Waals surface area contributed by atoms with Crippen molar-refractivity contribution in [3.05, 3.63) is 59.1 Å². The minimum absolute atomic E-state index is 0.563. The number of para-hydroxylation sites is 1. The van der Waals surface area contributed by atoms with E-state index in [0.717, 1.165) is 26.9 Å². The van der Waals surface area contributed by atoms with Crippen LogP contribution in [0, 0.1) is 6.92 Å². The summed E-state index contributed by atoms with van der Waals surface area (Å²) in [5, 5.41) is 21.7. The number of hydrogen-bond acceptors (Lipinski definition) is 6. The van der Waals surface area contributed by atoms with E-state index in [0.29, 0.717) is 6.54 Å². The lowest BCUT2D eigenvalue weighted by Crippen LogP contribution is -2.01. The first-order valence-electron chi connectivity index (χ1n) is 7.22. The van der Waals surface area contributed by atoms with Crippen LogP contribution in [0.5, 0.6) is 0 Å². The summed E-state index contributed by atoms with van der Waals surface area (Å²) in [5.74, 6) is 0. The van der Waals surface area contributed by atoms with Crippen LogP contribution in [-0.4, -0.2) is 25.2 Å². The van der Waals surface area contributed by atoms with Crippen molar-refractivity contribution in [2.45, 2.75) is 13.5 Å². The number of aryl methyl sites for hydroxylation is 1. The van der Waals surface area contributed by atoms with E-state index in [1.807, 2.05) is 41.1 Å². The highest BCUT2D eigenvalue weighted by atomic mass is 32.1. The second kappa shape index (κ2) is 5.77. The minimum Gasteiger partial charge on any atom is -0.330 e. The zero-order valence-electron chi connectivity index (χ0n) is 12.5. The van der Waals surface area contributed by atoms with Gasteiger partial charge in [-0.25, -0.2) is 4.68 Å². The first kappa shape index (κ1) is 13.8. The molecule has 0 radical (unpaired) electrons. The number of benzene rings is 2. The number of nitrogens with zero attached hydrogens (tertiary/aromatic N) is 5. The molecule has 0 bridgehead atoms. The third kappa shape index (κ3) is 2.91. The smallest absolute Gasteiger partial charge is 0.210 e. The van der Waals surface area contributed by atoms with Crippen molar-refractivity contribution in [2.24, 2.45) is 0 Å². The van der Waals surface area contributed by atoms with Crippen molar-refractivity contribution in [1.82, 2.24) is 25.2 Å². The molecule has 0 aliphatic heterocycles. The number of fused-ring (bicyclic) bond motifs is 1. The number of rotatable bonds is 4. The molecule has 0 amide bonds. The van der Waals surface area contributed by atoms with Crippen LogP contribution < -0.4 is 5.32 Å². The summed E-state index contributed by atoms with van der Waals surface area (Å²) in [6.45, 7) is 2.63. The van der Waals surface area contributed by atoms with Gasteiger partial charge in [-0.05, 0) is 31.2 Å². The number of hydrogen-bond donors (Lipinski definition) is 1. The Bertz CT molecular complexity index is 941. The topological polar surface area (TPSA) is 68.5 Å². The highest BCUT2D eigenvalue weighted by Gasteiger charge is 2.09. The minimum atomic E-state index is 0.563. The number of anilines is 2. The molecule has 7 heteroatoms. The molecular formula is C16H14N6S. The van der Waals surface area contributed by atoms with Crippen LogP contribution in [0.2, 0.25) is 0 Å². The van der Waals surface area contributed by atoms with Gasteiger partial charge < -0.3 is 5.32 Å². The van der Waals surface area contributed by atoms with Crippen LogP contribution in [0.15, 0.2) is 48.5 Å². The fourth-order valence-corrected chi connectivity index (χ4v) is 3.03. The third-order valence-corrected chi connectivity index (χ3v) is 4.30. The van der Waals surface area contributed by atoms with Crippen molar-refractivity contribution in [3.63, 3.8) is 0 Å². The Labute approximate surface area is 136 Å². The maximum atomic E-state index is 4.23. The Hall–Kier alpha value is -2.80. The first-order valence-corrected chi connectivity index (χ1v) is 8.04. The monoisotopic (exact) mass is 322 g/mol. The third-order valence-electron chi connectivity index (χ3n) is 3.47. The standard InChI is InChI=1S/C16H14N6S/c1-11-6-8-12(9-7-11)17-16-20-19-15(23-16)10-22-14-5-3-2-4-13(14)18-21-22/h2-9H,10H2,1H3,(H,17,20). The zero-order chi connectivity index (χ0) is 15.6. The van der Waals surface area contributed by atoms with Crippen LogP contribution in [0.25, 0.3) is 11.0 Å². The molecule has 0 spiro atoms. The lowest BCUT2D eigenvalue weighted by Gasteiger charge is -2.01. The van der Waals surface area contributed by atoms with Gasteiger partial charge in [0.1, 0.15) is 10.5 Å². The molecule has 1 N–H and O–H groups in total. The molecule has 114 valence electrons. The molecule has 0 aliphatic rings. The Morgan fingerprint density at radius 3 is 2.70 bits per heavy atom. The highest BCUT2D eigenvalue weighted by molar-refractivity contribution is 7.15. The average Bonchev–Trinajstić information content (AvgIpc) is 3.18. The molecular weight excluding hydrogens is 308 g/mol. The van der Waals surface area contributed by atoms with Gasteiger partial charge in [0.05, 0.1) is 12.1 Å². The summed E-state index contributed by atoms with van der Waals surface area (Å²) in [5.41, 5.74) is 4.11. The first-order chi connectivity index (χ1) is 11.3. The quantitative estimate of drug-likeness (QED) is 0.624. The maximum Gasteiger partial charge on any atom is 0.210 e.